The van der Waals surface area contributed by atoms with E-state index in [2.05, 4.69) is 12.1 Å². The summed E-state index contributed by atoms with van der Waals surface area (Å²) in [4.78, 5) is 0.610. The fourth-order valence-electron chi connectivity index (χ4n) is 2.05. The van der Waals surface area contributed by atoms with Crippen molar-refractivity contribution in [3.05, 3.63) is 65.2 Å². The molecular weight excluding hydrogens is 325 g/mol. The van der Waals surface area contributed by atoms with Gasteiger partial charge >= 0.3 is 6.18 Å². The summed E-state index contributed by atoms with van der Waals surface area (Å²) in [5, 5.41) is 1.28. The minimum absolute atomic E-state index is 0.426. The Labute approximate surface area is 137 Å². The molecule has 5 heteroatoms. The second-order valence-electron chi connectivity index (χ2n) is 4.84. The molecule has 0 atom stereocenters. The molecule has 2 aromatic rings. The van der Waals surface area contributed by atoms with E-state index in [1.807, 2.05) is 18.2 Å². The molecule has 2 aromatic carbocycles. The van der Waals surface area contributed by atoms with E-state index in [4.69, 9.17) is 12.2 Å². The molecule has 0 aliphatic heterocycles. The van der Waals surface area contributed by atoms with Gasteiger partial charge in [0.05, 0.1) is 5.56 Å². The standard InChI is InChI=1S/C17H15F3S2/c18-17(19,20)15-9-14(12-21)10-16(11-15)22-8-4-7-13-5-2-1-3-6-13/h1-3,5-6,9-12H,4,7-8H2. The molecule has 22 heavy (non-hydrogen) atoms. The lowest BCUT2D eigenvalue weighted by molar-refractivity contribution is -0.137. The van der Waals surface area contributed by atoms with E-state index < -0.39 is 11.7 Å². The predicted octanol–water partition coefficient (Wildman–Crippen LogP) is 5.78. The van der Waals surface area contributed by atoms with E-state index in [-0.39, 0.29) is 0 Å². The maximum atomic E-state index is 12.8. The van der Waals surface area contributed by atoms with Crippen molar-refractivity contribution in [2.45, 2.75) is 23.9 Å². The molecule has 0 nitrogen and oxygen atoms in total. The number of alkyl halides is 3. The predicted molar refractivity (Wildman–Crippen MR) is 89.7 cm³/mol. The molecule has 0 unspecified atom stereocenters. The summed E-state index contributed by atoms with van der Waals surface area (Å²) >= 11 is 6.19. The van der Waals surface area contributed by atoms with Crippen molar-refractivity contribution >= 4 is 29.3 Å². The fourth-order valence-corrected chi connectivity index (χ4v) is 3.14. The maximum Gasteiger partial charge on any atom is 0.416 e. The van der Waals surface area contributed by atoms with Crippen LogP contribution in [0.3, 0.4) is 0 Å². The molecule has 0 aromatic heterocycles. The topological polar surface area (TPSA) is 0 Å². The highest BCUT2D eigenvalue weighted by atomic mass is 32.2. The highest BCUT2D eigenvalue weighted by molar-refractivity contribution is 7.99. The summed E-state index contributed by atoms with van der Waals surface area (Å²) in [6.07, 6.45) is -2.50. The smallest absolute Gasteiger partial charge is 0.166 e. The number of rotatable bonds is 6. The first-order valence-electron chi connectivity index (χ1n) is 6.83. The Morgan fingerprint density at radius 3 is 2.41 bits per heavy atom. The van der Waals surface area contributed by atoms with Gasteiger partial charge in [-0.15, -0.1) is 11.8 Å². The number of aryl methyl sites for hydroxylation is 1. The second kappa shape index (κ2) is 7.79. The van der Waals surface area contributed by atoms with Crippen LogP contribution in [0.15, 0.2) is 53.4 Å². The lowest BCUT2D eigenvalue weighted by Gasteiger charge is -2.10. The van der Waals surface area contributed by atoms with E-state index in [9.17, 15) is 13.2 Å². The van der Waals surface area contributed by atoms with Crippen LogP contribution in [-0.4, -0.2) is 11.1 Å². The van der Waals surface area contributed by atoms with Crippen LogP contribution in [0.1, 0.15) is 23.1 Å². The summed E-state index contributed by atoms with van der Waals surface area (Å²) in [5.74, 6) is 0.771. The van der Waals surface area contributed by atoms with Crippen LogP contribution >= 0.6 is 24.0 Å². The average Bonchev–Trinajstić information content (AvgIpc) is 2.51. The maximum absolute atomic E-state index is 12.8. The third-order valence-electron chi connectivity index (χ3n) is 3.11. The highest BCUT2D eigenvalue weighted by Gasteiger charge is 2.31. The van der Waals surface area contributed by atoms with Gasteiger partial charge in [-0.3, -0.25) is 0 Å². The van der Waals surface area contributed by atoms with Crippen LogP contribution in [0, 0.1) is 0 Å². The molecule has 0 aliphatic rings. The van der Waals surface area contributed by atoms with Gasteiger partial charge in [0, 0.05) is 10.3 Å². The fraction of sp³-hybridized carbons (Fsp3) is 0.235. The third-order valence-corrected chi connectivity index (χ3v) is 4.45. The van der Waals surface area contributed by atoms with Gasteiger partial charge in [0.25, 0.3) is 0 Å². The van der Waals surface area contributed by atoms with Crippen LogP contribution in [-0.2, 0) is 12.6 Å². The first kappa shape index (κ1) is 17.0. The van der Waals surface area contributed by atoms with Gasteiger partial charge in [-0.2, -0.15) is 13.2 Å². The average molecular weight is 340 g/mol. The summed E-state index contributed by atoms with van der Waals surface area (Å²) in [5.41, 5.74) is 1.03. The zero-order valence-corrected chi connectivity index (χ0v) is 13.4. The van der Waals surface area contributed by atoms with Crippen molar-refractivity contribution in [1.29, 1.82) is 0 Å². The number of halogens is 3. The quantitative estimate of drug-likeness (QED) is 0.371. The van der Waals surface area contributed by atoms with Gasteiger partial charge < -0.3 is 0 Å². The van der Waals surface area contributed by atoms with E-state index in [0.29, 0.717) is 10.5 Å². The van der Waals surface area contributed by atoms with Crippen LogP contribution in [0.2, 0.25) is 0 Å². The van der Waals surface area contributed by atoms with Crippen molar-refractivity contribution in [2.75, 3.05) is 5.75 Å². The van der Waals surface area contributed by atoms with Crippen LogP contribution < -0.4 is 0 Å². The molecule has 0 N–H and O–H groups in total. The zero-order chi connectivity index (χ0) is 16.0. The van der Waals surface area contributed by atoms with E-state index in [1.165, 1.54) is 28.8 Å². The van der Waals surface area contributed by atoms with Gasteiger partial charge in [0.1, 0.15) is 0 Å². The molecule has 0 saturated carbocycles. The van der Waals surface area contributed by atoms with Crippen molar-refractivity contribution < 1.29 is 13.2 Å². The van der Waals surface area contributed by atoms with Gasteiger partial charge in [-0.05, 0) is 47.9 Å². The summed E-state index contributed by atoms with van der Waals surface area (Å²) in [6, 6.07) is 14.0. The zero-order valence-electron chi connectivity index (χ0n) is 11.8. The Hall–Kier alpha value is -1.33. The van der Waals surface area contributed by atoms with Crippen LogP contribution in [0.4, 0.5) is 13.2 Å². The van der Waals surface area contributed by atoms with E-state index in [1.54, 1.807) is 6.07 Å². The number of thiocarbonyl (C=S) groups is 1. The number of hydrogen-bond acceptors (Lipinski definition) is 2. The monoisotopic (exact) mass is 340 g/mol. The third kappa shape index (κ3) is 5.14. The first-order chi connectivity index (χ1) is 10.5. The molecule has 0 fully saturated rings. The number of benzene rings is 2. The molecule has 0 heterocycles. The molecule has 0 radical (unpaired) electrons. The van der Waals surface area contributed by atoms with Gasteiger partial charge in [-0.1, -0.05) is 42.5 Å². The Balaban J connectivity index is 1.96. The lowest BCUT2D eigenvalue weighted by atomic mass is 10.1. The largest absolute Gasteiger partial charge is 0.416 e. The molecule has 0 spiro atoms. The molecule has 0 saturated heterocycles. The first-order valence-corrected chi connectivity index (χ1v) is 8.29. The molecular formula is C17H15F3S2. The van der Waals surface area contributed by atoms with Crippen molar-refractivity contribution in [2.24, 2.45) is 0 Å². The minimum Gasteiger partial charge on any atom is -0.166 e. The van der Waals surface area contributed by atoms with Gasteiger partial charge in [0.2, 0.25) is 0 Å². The Morgan fingerprint density at radius 1 is 1.05 bits per heavy atom. The van der Waals surface area contributed by atoms with E-state index in [0.717, 1.165) is 24.7 Å². The van der Waals surface area contributed by atoms with Crippen LogP contribution in [0.25, 0.3) is 0 Å². The Bertz CT molecular complexity index is 622. The Kier molecular flexibility index (Phi) is 6.03. The molecule has 0 amide bonds. The molecule has 0 aliphatic carbocycles. The van der Waals surface area contributed by atoms with Crippen molar-refractivity contribution in [3.63, 3.8) is 0 Å². The van der Waals surface area contributed by atoms with E-state index >= 15 is 0 Å². The second-order valence-corrected chi connectivity index (χ2v) is 6.25. The summed E-state index contributed by atoms with van der Waals surface area (Å²) in [6.45, 7) is 0. The highest BCUT2D eigenvalue weighted by Crippen LogP contribution is 2.33. The number of hydrogen-bond donors (Lipinski definition) is 0. The van der Waals surface area contributed by atoms with Crippen LogP contribution in [0.5, 0.6) is 0 Å². The Morgan fingerprint density at radius 2 is 1.77 bits per heavy atom. The molecule has 0 bridgehead atoms. The SMILES string of the molecule is FC(F)(F)c1cc(C=S)cc(SCCCc2ccccc2)c1. The van der Waals surface area contributed by atoms with Crippen molar-refractivity contribution in [1.82, 2.24) is 0 Å². The van der Waals surface area contributed by atoms with Gasteiger partial charge in [-0.25, -0.2) is 0 Å². The summed E-state index contributed by atoms with van der Waals surface area (Å²) < 4.78 is 38.5. The minimum atomic E-state index is -4.34. The summed E-state index contributed by atoms with van der Waals surface area (Å²) in [7, 11) is 0. The molecule has 2 rings (SSSR count). The van der Waals surface area contributed by atoms with Gasteiger partial charge in [0.15, 0.2) is 0 Å². The number of thioether (sulfide) groups is 1. The normalized spacial score (nSPS) is 11.4. The lowest BCUT2D eigenvalue weighted by Crippen LogP contribution is -2.05. The van der Waals surface area contributed by atoms with Crippen molar-refractivity contribution in [3.8, 4) is 0 Å². The molecule has 116 valence electrons.